The van der Waals surface area contributed by atoms with Gasteiger partial charge in [0.2, 0.25) is 17.7 Å². The summed E-state index contributed by atoms with van der Waals surface area (Å²) in [7, 11) is 4.30. The fraction of sp³-hybridized carbons (Fsp3) is 0.312. The molecule has 0 aromatic heterocycles. The van der Waals surface area contributed by atoms with E-state index in [0.717, 1.165) is 11.1 Å². The van der Waals surface area contributed by atoms with Crippen molar-refractivity contribution in [2.45, 2.75) is 44.3 Å². The zero-order chi connectivity index (χ0) is 30.9. The van der Waals surface area contributed by atoms with Crippen molar-refractivity contribution in [3.8, 4) is 23.0 Å². The molecule has 3 aromatic rings. The lowest BCUT2D eigenvalue weighted by Crippen LogP contribution is -2.57. The zero-order valence-electron chi connectivity index (χ0n) is 24.5. The summed E-state index contributed by atoms with van der Waals surface area (Å²) in [5.41, 5.74) is 2.17. The van der Waals surface area contributed by atoms with Crippen LogP contribution in [0.3, 0.4) is 0 Å². The number of esters is 1. The van der Waals surface area contributed by atoms with E-state index in [0.29, 0.717) is 28.6 Å². The molecule has 3 aromatic carbocycles. The zero-order valence-corrected chi connectivity index (χ0v) is 24.5. The molecule has 0 spiro atoms. The average Bonchev–Trinajstić information content (AvgIpc) is 3.00. The van der Waals surface area contributed by atoms with Crippen LogP contribution in [0.2, 0.25) is 0 Å². The molecule has 4 bridgehead atoms. The molecule has 226 valence electrons. The lowest BCUT2D eigenvalue weighted by Gasteiger charge is -2.25. The summed E-state index contributed by atoms with van der Waals surface area (Å²) in [6.07, 6.45) is 0.346. The lowest BCUT2D eigenvalue weighted by molar-refractivity contribution is -0.145. The molecule has 0 saturated heterocycles. The van der Waals surface area contributed by atoms with Crippen molar-refractivity contribution in [3.05, 3.63) is 83.4 Å². The Balaban J connectivity index is 1.75. The first-order valence-corrected chi connectivity index (χ1v) is 13.7. The van der Waals surface area contributed by atoms with Crippen LogP contribution in [0.4, 0.5) is 0 Å². The number of hydrogen-bond acceptors (Lipinski definition) is 8. The molecule has 2 heterocycles. The highest BCUT2D eigenvalue weighted by Gasteiger charge is 2.31. The minimum absolute atomic E-state index is 0.0788. The van der Waals surface area contributed by atoms with Crippen LogP contribution in [0, 0.1) is 0 Å². The third kappa shape index (κ3) is 8.25. The summed E-state index contributed by atoms with van der Waals surface area (Å²) < 4.78 is 21.8. The molecule has 3 atom stereocenters. The summed E-state index contributed by atoms with van der Waals surface area (Å²) in [5.74, 6) is -0.177. The molecule has 0 aliphatic carbocycles. The van der Waals surface area contributed by atoms with Crippen molar-refractivity contribution < 1.29 is 38.1 Å². The Morgan fingerprint density at radius 3 is 2.19 bits per heavy atom. The van der Waals surface area contributed by atoms with Crippen molar-refractivity contribution in [1.82, 2.24) is 16.0 Å². The minimum atomic E-state index is -1.09. The number of carbonyl (C=O) groups excluding carboxylic acids is 4. The smallest absolute Gasteiger partial charge is 0.328 e. The average molecular weight is 590 g/mol. The number of nitrogens with one attached hydrogen (secondary N) is 3. The molecule has 2 aliphatic rings. The number of methoxy groups -OCH3 is 3. The molecule has 2 aliphatic heterocycles. The maximum atomic E-state index is 13.7. The Hall–Kier alpha value is -5.06. The van der Waals surface area contributed by atoms with E-state index >= 15 is 0 Å². The van der Waals surface area contributed by atoms with Gasteiger partial charge in [-0.1, -0.05) is 30.3 Å². The Morgan fingerprint density at radius 1 is 0.860 bits per heavy atom. The van der Waals surface area contributed by atoms with E-state index < -0.39 is 41.8 Å². The minimum Gasteiger partial charge on any atom is -0.497 e. The second kappa shape index (κ2) is 14.2. The summed E-state index contributed by atoms with van der Waals surface area (Å²) in [5, 5.41) is 8.22. The number of hydrogen-bond donors (Lipinski definition) is 3. The molecular weight excluding hydrogens is 554 g/mol. The first-order valence-electron chi connectivity index (χ1n) is 13.7. The molecule has 0 fully saturated rings. The SMILES string of the molecule is COC(=O)[C@@H]1Cc2ccc(OC)c(c2)Oc2ccc(cc2)C[C@H](NC(C)=O)C(=O)N[C@@H](Cc2ccc(OC)cc2)C(=O)N1. The van der Waals surface area contributed by atoms with Crippen LogP contribution in [0.25, 0.3) is 0 Å². The fourth-order valence-corrected chi connectivity index (χ4v) is 4.76. The van der Waals surface area contributed by atoms with Gasteiger partial charge in [0.05, 0.1) is 21.3 Å². The maximum Gasteiger partial charge on any atom is 0.328 e. The fourth-order valence-electron chi connectivity index (χ4n) is 4.76. The summed E-state index contributed by atoms with van der Waals surface area (Å²) in [4.78, 5) is 52.2. The van der Waals surface area contributed by atoms with Crippen molar-refractivity contribution in [2.75, 3.05) is 21.3 Å². The second-order valence-corrected chi connectivity index (χ2v) is 10.1. The van der Waals surface area contributed by atoms with Crippen molar-refractivity contribution in [2.24, 2.45) is 0 Å². The molecule has 43 heavy (non-hydrogen) atoms. The van der Waals surface area contributed by atoms with Gasteiger partial charge in [-0.05, 0) is 53.1 Å². The first kappa shape index (κ1) is 30.9. The van der Waals surface area contributed by atoms with Gasteiger partial charge in [0.1, 0.15) is 29.6 Å². The molecule has 5 rings (SSSR count). The van der Waals surface area contributed by atoms with E-state index in [1.807, 2.05) is 0 Å². The quantitative estimate of drug-likeness (QED) is 0.373. The van der Waals surface area contributed by atoms with Gasteiger partial charge in [-0.3, -0.25) is 14.4 Å². The van der Waals surface area contributed by atoms with Gasteiger partial charge >= 0.3 is 5.97 Å². The van der Waals surface area contributed by atoms with E-state index in [-0.39, 0.29) is 19.3 Å². The topological polar surface area (TPSA) is 141 Å². The molecule has 0 saturated carbocycles. The van der Waals surface area contributed by atoms with Gasteiger partial charge in [0, 0.05) is 26.2 Å². The number of fused-ring (bicyclic) bond motifs is 10. The van der Waals surface area contributed by atoms with Crippen molar-refractivity contribution >= 4 is 23.7 Å². The van der Waals surface area contributed by atoms with Crippen LogP contribution >= 0.6 is 0 Å². The van der Waals surface area contributed by atoms with E-state index in [1.165, 1.54) is 21.1 Å². The summed E-state index contributed by atoms with van der Waals surface area (Å²) in [6, 6.07) is 16.2. The van der Waals surface area contributed by atoms with E-state index in [2.05, 4.69) is 16.0 Å². The maximum absolute atomic E-state index is 13.7. The highest BCUT2D eigenvalue weighted by molar-refractivity contribution is 5.93. The summed E-state index contributed by atoms with van der Waals surface area (Å²) >= 11 is 0. The van der Waals surface area contributed by atoms with Gasteiger partial charge in [-0.2, -0.15) is 0 Å². The molecule has 0 unspecified atom stereocenters. The lowest BCUT2D eigenvalue weighted by atomic mass is 10.0. The van der Waals surface area contributed by atoms with Crippen LogP contribution in [0.15, 0.2) is 66.7 Å². The molecule has 0 radical (unpaired) electrons. The third-order valence-electron chi connectivity index (χ3n) is 6.99. The van der Waals surface area contributed by atoms with Crippen molar-refractivity contribution in [1.29, 1.82) is 0 Å². The number of rotatable bonds is 6. The van der Waals surface area contributed by atoms with Crippen LogP contribution in [-0.2, 0) is 43.2 Å². The highest BCUT2D eigenvalue weighted by Crippen LogP contribution is 2.33. The number of ether oxygens (including phenoxy) is 4. The molecule has 3 N–H and O–H groups in total. The van der Waals surface area contributed by atoms with Gasteiger partial charge in [0.25, 0.3) is 0 Å². The van der Waals surface area contributed by atoms with Crippen molar-refractivity contribution in [3.63, 3.8) is 0 Å². The number of carbonyl (C=O) groups is 4. The van der Waals surface area contributed by atoms with Gasteiger partial charge in [-0.15, -0.1) is 0 Å². The summed E-state index contributed by atoms with van der Waals surface area (Å²) in [6.45, 7) is 1.32. The molecular formula is C32H35N3O8. The van der Waals surface area contributed by atoms with Gasteiger partial charge in [-0.25, -0.2) is 4.79 Å². The first-order chi connectivity index (χ1) is 20.7. The normalized spacial score (nSPS) is 18.7. The Bertz CT molecular complexity index is 1460. The second-order valence-electron chi connectivity index (χ2n) is 10.1. The largest absolute Gasteiger partial charge is 0.497 e. The predicted octanol–water partition coefficient (Wildman–Crippen LogP) is 2.48. The molecule has 3 amide bonds. The van der Waals surface area contributed by atoms with Gasteiger partial charge < -0.3 is 34.9 Å². The monoisotopic (exact) mass is 589 g/mol. The number of benzene rings is 3. The van der Waals surface area contributed by atoms with E-state index in [1.54, 1.807) is 73.8 Å². The molecule has 11 nitrogen and oxygen atoms in total. The standard InChI is InChI=1S/C32H35N3O8/c1-19(36)33-25-15-21-7-12-24(13-8-21)43-29-18-22(9-14-28(29)41-3)17-27(32(39)42-4)35-31(38)26(34-30(25)37)16-20-5-10-23(40-2)11-6-20/h5-14,18,25-27H,15-17H2,1-4H3,(H,33,36)(H,34,37)(H,35,38)/t25-,26-,27-/m0/s1. The Morgan fingerprint density at radius 2 is 1.56 bits per heavy atom. The van der Waals surface area contributed by atoms with Crippen LogP contribution in [0.1, 0.15) is 23.6 Å². The van der Waals surface area contributed by atoms with E-state index in [9.17, 15) is 19.2 Å². The third-order valence-corrected chi connectivity index (χ3v) is 6.99. The Kier molecular flexibility index (Phi) is 10.2. The number of amides is 3. The molecule has 11 heteroatoms. The van der Waals surface area contributed by atoms with E-state index in [4.69, 9.17) is 18.9 Å². The van der Waals surface area contributed by atoms with Crippen LogP contribution < -0.4 is 30.2 Å². The highest BCUT2D eigenvalue weighted by atomic mass is 16.5. The Labute approximate surface area is 249 Å². The van der Waals surface area contributed by atoms with Gasteiger partial charge in [0.15, 0.2) is 11.5 Å². The predicted molar refractivity (Wildman–Crippen MR) is 157 cm³/mol. The van der Waals surface area contributed by atoms with Crippen LogP contribution in [0.5, 0.6) is 23.0 Å². The van der Waals surface area contributed by atoms with Crippen LogP contribution in [-0.4, -0.2) is 63.1 Å².